The Labute approximate surface area is 135 Å². The molecule has 1 aromatic heterocycles. The second-order valence-corrected chi connectivity index (χ2v) is 6.87. The standard InChI is InChI=1S/C16H16N4O2S/c1-2-9-23(21,22)20-14-3-5-15(12(10-14)11-18)16-6-4-13(19-16)7-8-17/h3-6,10,19-20H,2,7,9H2,1H3. The molecule has 0 amide bonds. The van der Waals surface area contributed by atoms with Crippen LogP contribution in [-0.4, -0.2) is 19.2 Å². The predicted molar refractivity (Wildman–Crippen MR) is 88.0 cm³/mol. The monoisotopic (exact) mass is 328 g/mol. The molecule has 2 N–H and O–H groups in total. The van der Waals surface area contributed by atoms with Crippen LogP contribution < -0.4 is 4.72 Å². The quantitative estimate of drug-likeness (QED) is 0.849. The third-order valence-corrected chi connectivity index (χ3v) is 4.68. The van der Waals surface area contributed by atoms with Crippen LogP contribution in [0.4, 0.5) is 5.69 Å². The van der Waals surface area contributed by atoms with E-state index in [9.17, 15) is 13.7 Å². The average molecular weight is 328 g/mol. The van der Waals surface area contributed by atoms with Gasteiger partial charge in [0.05, 0.1) is 29.9 Å². The van der Waals surface area contributed by atoms with E-state index in [-0.39, 0.29) is 12.2 Å². The van der Waals surface area contributed by atoms with E-state index in [1.807, 2.05) is 0 Å². The average Bonchev–Trinajstić information content (AvgIpc) is 2.95. The smallest absolute Gasteiger partial charge is 0.232 e. The largest absolute Gasteiger partial charge is 0.358 e. The molecular formula is C16H16N4O2S. The highest BCUT2D eigenvalue weighted by atomic mass is 32.2. The molecule has 0 aliphatic heterocycles. The molecule has 2 aromatic rings. The molecule has 1 aromatic carbocycles. The number of aromatic amines is 1. The van der Waals surface area contributed by atoms with Crippen LogP contribution in [0, 0.1) is 22.7 Å². The lowest BCUT2D eigenvalue weighted by atomic mass is 10.1. The maximum Gasteiger partial charge on any atom is 0.232 e. The fourth-order valence-electron chi connectivity index (χ4n) is 2.22. The van der Waals surface area contributed by atoms with E-state index in [4.69, 9.17) is 5.26 Å². The zero-order valence-electron chi connectivity index (χ0n) is 12.6. The van der Waals surface area contributed by atoms with Crippen LogP contribution in [0.15, 0.2) is 30.3 Å². The van der Waals surface area contributed by atoms with E-state index in [0.717, 1.165) is 11.4 Å². The molecule has 0 bridgehead atoms. The molecule has 0 aliphatic carbocycles. The Morgan fingerprint density at radius 2 is 2.00 bits per heavy atom. The molecule has 0 atom stereocenters. The van der Waals surface area contributed by atoms with Crippen molar-refractivity contribution in [2.45, 2.75) is 19.8 Å². The highest BCUT2D eigenvalue weighted by molar-refractivity contribution is 7.92. The number of sulfonamides is 1. The summed E-state index contributed by atoms with van der Waals surface area (Å²) in [5, 5.41) is 18.0. The van der Waals surface area contributed by atoms with Crippen molar-refractivity contribution in [1.29, 1.82) is 10.5 Å². The van der Waals surface area contributed by atoms with Crippen LogP contribution in [0.3, 0.4) is 0 Å². The van der Waals surface area contributed by atoms with Crippen LogP contribution in [0.25, 0.3) is 11.3 Å². The molecule has 6 nitrogen and oxygen atoms in total. The first kappa shape index (κ1) is 16.6. The highest BCUT2D eigenvalue weighted by Crippen LogP contribution is 2.26. The van der Waals surface area contributed by atoms with E-state index in [1.165, 1.54) is 6.07 Å². The Morgan fingerprint density at radius 1 is 1.22 bits per heavy atom. The van der Waals surface area contributed by atoms with E-state index >= 15 is 0 Å². The number of benzene rings is 1. The lowest BCUT2D eigenvalue weighted by Crippen LogP contribution is -2.16. The maximum atomic E-state index is 11.8. The molecule has 23 heavy (non-hydrogen) atoms. The Balaban J connectivity index is 2.33. The van der Waals surface area contributed by atoms with Crippen molar-refractivity contribution < 1.29 is 8.42 Å². The predicted octanol–water partition coefficient (Wildman–Crippen LogP) is 2.77. The number of anilines is 1. The number of aromatic nitrogens is 1. The summed E-state index contributed by atoms with van der Waals surface area (Å²) in [6.07, 6.45) is 0.777. The minimum Gasteiger partial charge on any atom is -0.358 e. The molecule has 0 saturated heterocycles. The van der Waals surface area contributed by atoms with Gasteiger partial charge in [-0.05, 0) is 36.8 Å². The Bertz CT molecular complexity index is 886. The van der Waals surface area contributed by atoms with E-state index in [1.54, 1.807) is 31.2 Å². The summed E-state index contributed by atoms with van der Waals surface area (Å²) in [7, 11) is -3.39. The zero-order chi connectivity index (χ0) is 16.9. The van der Waals surface area contributed by atoms with Crippen LogP contribution in [-0.2, 0) is 16.4 Å². The van der Waals surface area contributed by atoms with Crippen molar-refractivity contribution in [1.82, 2.24) is 4.98 Å². The summed E-state index contributed by atoms with van der Waals surface area (Å²) in [5.41, 5.74) is 2.86. The molecule has 2 rings (SSSR count). The van der Waals surface area contributed by atoms with Gasteiger partial charge in [-0.25, -0.2) is 8.42 Å². The van der Waals surface area contributed by atoms with Crippen molar-refractivity contribution in [2.24, 2.45) is 0 Å². The second kappa shape index (κ2) is 6.99. The van der Waals surface area contributed by atoms with Gasteiger partial charge in [0.2, 0.25) is 10.0 Å². The number of nitrogens with one attached hydrogen (secondary N) is 2. The van der Waals surface area contributed by atoms with Crippen LogP contribution in [0.1, 0.15) is 24.6 Å². The SMILES string of the molecule is CCCS(=O)(=O)Nc1ccc(-c2ccc(CC#N)[nH]2)c(C#N)c1. The number of rotatable bonds is 6. The van der Waals surface area contributed by atoms with Crippen molar-refractivity contribution in [3.63, 3.8) is 0 Å². The van der Waals surface area contributed by atoms with Gasteiger partial charge in [0.15, 0.2) is 0 Å². The van der Waals surface area contributed by atoms with Gasteiger partial charge in [0.1, 0.15) is 0 Å². The fourth-order valence-corrected chi connectivity index (χ4v) is 3.35. The number of nitrogens with zero attached hydrogens (tertiary/aromatic N) is 2. The van der Waals surface area contributed by atoms with Crippen molar-refractivity contribution in [3.05, 3.63) is 41.6 Å². The Hall–Kier alpha value is -2.77. The number of nitriles is 2. The van der Waals surface area contributed by atoms with Crippen molar-refractivity contribution in [2.75, 3.05) is 10.5 Å². The van der Waals surface area contributed by atoms with E-state index < -0.39 is 10.0 Å². The molecule has 7 heteroatoms. The summed E-state index contributed by atoms with van der Waals surface area (Å²) >= 11 is 0. The summed E-state index contributed by atoms with van der Waals surface area (Å²) in [6, 6.07) is 12.5. The van der Waals surface area contributed by atoms with Crippen LogP contribution in [0.2, 0.25) is 0 Å². The molecule has 0 radical (unpaired) electrons. The fraction of sp³-hybridized carbons (Fsp3) is 0.250. The number of hydrogen-bond donors (Lipinski definition) is 2. The topological polar surface area (TPSA) is 110 Å². The molecule has 0 fully saturated rings. The third kappa shape index (κ3) is 4.12. The summed E-state index contributed by atoms with van der Waals surface area (Å²) in [4.78, 5) is 3.08. The molecular weight excluding hydrogens is 312 g/mol. The van der Waals surface area contributed by atoms with Gasteiger partial charge in [-0.15, -0.1) is 0 Å². The molecule has 118 valence electrons. The Kier molecular flexibility index (Phi) is 5.05. The number of hydrogen-bond acceptors (Lipinski definition) is 4. The highest BCUT2D eigenvalue weighted by Gasteiger charge is 2.12. The van der Waals surface area contributed by atoms with Crippen molar-refractivity contribution >= 4 is 15.7 Å². The minimum absolute atomic E-state index is 0.0325. The first-order valence-corrected chi connectivity index (χ1v) is 8.74. The second-order valence-electron chi connectivity index (χ2n) is 5.03. The van der Waals surface area contributed by atoms with E-state index in [2.05, 4.69) is 21.8 Å². The number of H-pyrrole nitrogens is 1. The third-order valence-electron chi connectivity index (χ3n) is 3.19. The molecule has 0 saturated carbocycles. The molecule has 1 heterocycles. The maximum absolute atomic E-state index is 11.8. The molecule has 0 aliphatic rings. The lowest BCUT2D eigenvalue weighted by molar-refractivity contribution is 0.600. The van der Waals surface area contributed by atoms with Gasteiger partial charge in [-0.2, -0.15) is 10.5 Å². The van der Waals surface area contributed by atoms with Gasteiger partial charge < -0.3 is 4.98 Å². The summed E-state index contributed by atoms with van der Waals surface area (Å²) < 4.78 is 26.1. The summed E-state index contributed by atoms with van der Waals surface area (Å²) in [5.74, 6) is 0.0325. The zero-order valence-corrected chi connectivity index (χ0v) is 13.4. The first-order chi connectivity index (χ1) is 11.0. The van der Waals surface area contributed by atoms with Gasteiger partial charge in [0.25, 0.3) is 0 Å². The van der Waals surface area contributed by atoms with Crippen LogP contribution in [0.5, 0.6) is 0 Å². The van der Waals surface area contributed by atoms with Crippen LogP contribution >= 0.6 is 0 Å². The van der Waals surface area contributed by atoms with Gasteiger partial charge in [-0.1, -0.05) is 6.92 Å². The molecule has 0 unspecified atom stereocenters. The lowest BCUT2D eigenvalue weighted by Gasteiger charge is -2.09. The van der Waals surface area contributed by atoms with Gasteiger partial charge in [-0.3, -0.25) is 4.72 Å². The van der Waals surface area contributed by atoms with Gasteiger partial charge >= 0.3 is 0 Å². The Morgan fingerprint density at radius 3 is 2.65 bits per heavy atom. The molecule has 0 spiro atoms. The summed E-state index contributed by atoms with van der Waals surface area (Å²) in [6.45, 7) is 1.78. The van der Waals surface area contributed by atoms with E-state index in [0.29, 0.717) is 23.2 Å². The van der Waals surface area contributed by atoms with Crippen molar-refractivity contribution in [3.8, 4) is 23.4 Å². The van der Waals surface area contributed by atoms with Gasteiger partial charge in [0, 0.05) is 22.6 Å². The normalized spacial score (nSPS) is 10.7. The first-order valence-electron chi connectivity index (χ1n) is 7.09. The minimum atomic E-state index is -3.39.